The van der Waals surface area contributed by atoms with Gasteiger partial charge in [-0.25, -0.2) is 19.6 Å². The van der Waals surface area contributed by atoms with Gasteiger partial charge in [0.15, 0.2) is 5.82 Å². The molecule has 0 saturated carbocycles. The molecule has 0 aliphatic carbocycles. The van der Waals surface area contributed by atoms with Gasteiger partial charge in [-0.1, -0.05) is 0 Å². The quantitative estimate of drug-likeness (QED) is 0.844. The van der Waals surface area contributed by atoms with Crippen molar-refractivity contribution in [3.05, 3.63) is 30.4 Å². The molecule has 2 unspecified atom stereocenters. The van der Waals surface area contributed by atoms with E-state index in [4.69, 9.17) is 9.57 Å². The van der Waals surface area contributed by atoms with Gasteiger partial charge in [0, 0.05) is 25.0 Å². The lowest BCUT2D eigenvalue weighted by Gasteiger charge is -2.34. The van der Waals surface area contributed by atoms with Crippen LogP contribution in [-0.4, -0.2) is 50.0 Å². The Hall–Kier alpha value is -2.19. The highest BCUT2D eigenvalue weighted by Crippen LogP contribution is 2.34. The minimum absolute atomic E-state index is 0.412. The Morgan fingerprint density at radius 3 is 2.83 bits per heavy atom. The van der Waals surface area contributed by atoms with Crippen molar-refractivity contribution < 1.29 is 19.5 Å². The third-order valence-electron chi connectivity index (χ3n) is 3.84. The van der Waals surface area contributed by atoms with Crippen LogP contribution in [0.3, 0.4) is 0 Å². The lowest BCUT2D eigenvalue weighted by atomic mass is 10.0. The molecule has 2 aliphatic rings. The smallest absolute Gasteiger partial charge is 0.410 e. The molecule has 2 atom stereocenters. The molecule has 1 amide bonds. The second-order valence-corrected chi connectivity index (χ2v) is 6.92. The van der Waals surface area contributed by atoms with Gasteiger partial charge in [-0.05, 0) is 39.7 Å². The van der Waals surface area contributed by atoms with E-state index in [1.54, 1.807) is 18.5 Å². The Kier molecular flexibility index (Phi) is 4.18. The van der Waals surface area contributed by atoms with Gasteiger partial charge >= 0.3 is 6.09 Å². The second kappa shape index (κ2) is 6.03. The van der Waals surface area contributed by atoms with Gasteiger partial charge in [-0.15, -0.1) is 0 Å². The van der Waals surface area contributed by atoms with Crippen LogP contribution in [0.1, 0.15) is 39.4 Å². The minimum Gasteiger partial charge on any atom is -0.444 e. The number of nitrogens with zero attached hydrogens (tertiary/aromatic N) is 3. The van der Waals surface area contributed by atoms with Crippen LogP contribution < -0.4 is 5.48 Å². The first kappa shape index (κ1) is 16.7. The molecule has 0 spiro atoms. The Morgan fingerprint density at radius 1 is 1.46 bits per heavy atom. The number of aliphatic hydroxyl groups is 1. The lowest BCUT2D eigenvalue weighted by molar-refractivity contribution is -0.210. The van der Waals surface area contributed by atoms with E-state index < -0.39 is 23.5 Å². The highest BCUT2D eigenvalue weighted by Gasteiger charge is 2.49. The van der Waals surface area contributed by atoms with Crippen LogP contribution in [0.2, 0.25) is 0 Å². The fraction of sp³-hybridized carbons (Fsp3) is 0.562. The number of ether oxygens (including phenoxy) is 1. The zero-order chi connectivity index (χ0) is 17.4. The van der Waals surface area contributed by atoms with Crippen molar-refractivity contribution in [1.29, 1.82) is 0 Å². The van der Waals surface area contributed by atoms with Gasteiger partial charge in [0.25, 0.3) is 0 Å². The molecule has 2 N–H and O–H groups in total. The highest BCUT2D eigenvalue weighted by atomic mass is 16.7. The van der Waals surface area contributed by atoms with Crippen molar-refractivity contribution in [2.24, 2.45) is 0 Å². The number of hydrogen-bond donors (Lipinski definition) is 2. The van der Waals surface area contributed by atoms with E-state index in [0.717, 1.165) is 6.42 Å². The van der Waals surface area contributed by atoms with Crippen LogP contribution >= 0.6 is 0 Å². The predicted molar refractivity (Wildman–Crippen MR) is 85.1 cm³/mol. The van der Waals surface area contributed by atoms with Crippen molar-refractivity contribution in [3.63, 3.8) is 0 Å². The topological polar surface area (TPSA) is 96.8 Å². The van der Waals surface area contributed by atoms with Crippen LogP contribution in [0, 0.1) is 0 Å². The van der Waals surface area contributed by atoms with E-state index in [1.165, 1.54) is 11.0 Å². The molecule has 8 heteroatoms. The number of hydrogen-bond acceptors (Lipinski definition) is 7. The molecule has 0 aromatic carbocycles. The molecule has 1 aromatic heterocycles. The first-order valence-corrected chi connectivity index (χ1v) is 7.95. The largest absolute Gasteiger partial charge is 0.444 e. The number of carbonyl (C=O) groups is 1. The maximum Gasteiger partial charge on any atom is 0.410 e. The van der Waals surface area contributed by atoms with E-state index in [-0.39, 0.29) is 0 Å². The van der Waals surface area contributed by atoms with Gasteiger partial charge in [0.05, 0.1) is 6.04 Å². The molecule has 0 radical (unpaired) electrons. The lowest BCUT2D eigenvalue weighted by Crippen LogP contribution is -2.52. The predicted octanol–water partition coefficient (Wildman–Crippen LogP) is 1.44. The van der Waals surface area contributed by atoms with Gasteiger partial charge in [0.2, 0.25) is 5.79 Å². The zero-order valence-corrected chi connectivity index (χ0v) is 14.0. The summed E-state index contributed by atoms with van der Waals surface area (Å²) >= 11 is 0. The average Bonchev–Trinajstić information content (AvgIpc) is 3.14. The number of nitrogens with one attached hydrogen (secondary N) is 1. The van der Waals surface area contributed by atoms with E-state index in [2.05, 4.69) is 15.4 Å². The molecule has 1 fully saturated rings. The summed E-state index contributed by atoms with van der Waals surface area (Å²) in [5.74, 6) is -1.24. The maximum absolute atomic E-state index is 12.4. The van der Waals surface area contributed by atoms with Gasteiger partial charge in [0.1, 0.15) is 11.3 Å². The highest BCUT2D eigenvalue weighted by molar-refractivity contribution is 5.69. The van der Waals surface area contributed by atoms with Crippen molar-refractivity contribution >= 4 is 11.8 Å². The Labute approximate surface area is 140 Å². The van der Waals surface area contributed by atoms with Gasteiger partial charge in [-0.3, -0.25) is 10.4 Å². The number of likely N-dealkylation sites (tertiary alicyclic amines) is 1. The molecule has 130 valence electrons. The van der Waals surface area contributed by atoms with Crippen LogP contribution in [0.25, 0.3) is 5.70 Å². The van der Waals surface area contributed by atoms with Crippen LogP contribution in [-0.2, 0) is 9.57 Å². The number of amides is 1. The fourth-order valence-corrected chi connectivity index (χ4v) is 2.85. The van der Waals surface area contributed by atoms with Crippen molar-refractivity contribution in [1.82, 2.24) is 20.3 Å². The zero-order valence-electron chi connectivity index (χ0n) is 14.0. The van der Waals surface area contributed by atoms with Crippen LogP contribution in [0.4, 0.5) is 4.79 Å². The van der Waals surface area contributed by atoms with Crippen LogP contribution in [0.15, 0.2) is 24.5 Å². The SMILES string of the molecule is CC(C)(C)OC(=O)N1CCCC1C1(O)C=C(c2ncccn2)NO1. The van der Waals surface area contributed by atoms with E-state index >= 15 is 0 Å². The van der Waals surface area contributed by atoms with Crippen LogP contribution in [0.5, 0.6) is 0 Å². The second-order valence-electron chi connectivity index (χ2n) is 6.92. The van der Waals surface area contributed by atoms with Gasteiger partial charge < -0.3 is 9.84 Å². The van der Waals surface area contributed by atoms with E-state index in [0.29, 0.717) is 24.5 Å². The number of carbonyl (C=O) groups excluding carboxylic acids is 1. The summed E-state index contributed by atoms with van der Waals surface area (Å²) in [6.07, 6.45) is 5.63. The summed E-state index contributed by atoms with van der Waals surface area (Å²) in [7, 11) is 0. The minimum atomic E-state index is -1.65. The molecular weight excluding hydrogens is 312 g/mol. The molecule has 3 heterocycles. The monoisotopic (exact) mass is 334 g/mol. The summed E-state index contributed by atoms with van der Waals surface area (Å²) in [6.45, 7) is 5.94. The summed E-state index contributed by atoms with van der Waals surface area (Å²) in [4.78, 5) is 27.5. The van der Waals surface area contributed by atoms with Crippen molar-refractivity contribution in [2.75, 3.05) is 6.54 Å². The normalized spacial score (nSPS) is 26.9. The first-order chi connectivity index (χ1) is 11.3. The molecule has 1 saturated heterocycles. The molecule has 8 nitrogen and oxygen atoms in total. The molecule has 24 heavy (non-hydrogen) atoms. The van der Waals surface area contributed by atoms with Crippen molar-refractivity contribution in [3.8, 4) is 0 Å². The summed E-state index contributed by atoms with van der Waals surface area (Å²) < 4.78 is 5.42. The molecule has 1 aromatic rings. The number of aromatic nitrogens is 2. The first-order valence-electron chi connectivity index (χ1n) is 7.95. The number of hydroxylamine groups is 1. The summed E-state index contributed by atoms with van der Waals surface area (Å²) in [6, 6.07) is 1.16. The number of rotatable bonds is 2. The fourth-order valence-electron chi connectivity index (χ4n) is 2.85. The third-order valence-corrected chi connectivity index (χ3v) is 3.84. The maximum atomic E-state index is 12.4. The molecule has 2 aliphatic heterocycles. The average molecular weight is 334 g/mol. The third kappa shape index (κ3) is 3.34. The molecular formula is C16H22N4O4. The standard InChI is InChI=1S/C16H22N4O4/c1-15(2,3)23-14(21)20-9-4-6-12(20)16(22)10-11(19-24-16)13-17-7-5-8-18-13/h5,7-8,10,12,19,22H,4,6,9H2,1-3H3. The Balaban J connectivity index is 1.80. The Bertz CT molecular complexity index is 643. The van der Waals surface area contributed by atoms with E-state index in [9.17, 15) is 9.90 Å². The molecule has 3 rings (SSSR count). The summed E-state index contributed by atoms with van der Waals surface area (Å²) in [5, 5.41) is 10.9. The van der Waals surface area contributed by atoms with Crippen molar-refractivity contribution in [2.45, 2.75) is 51.0 Å². The van der Waals surface area contributed by atoms with E-state index in [1.807, 2.05) is 20.8 Å². The Morgan fingerprint density at radius 2 is 2.17 bits per heavy atom. The summed E-state index contributed by atoms with van der Waals surface area (Å²) in [5.41, 5.74) is 2.53. The van der Waals surface area contributed by atoms with Gasteiger partial charge in [-0.2, -0.15) is 0 Å². The molecule has 0 bridgehead atoms.